The van der Waals surface area contributed by atoms with Gasteiger partial charge in [0.2, 0.25) is 0 Å². The summed E-state index contributed by atoms with van der Waals surface area (Å²) in [6.45, 7) is 4.86. The molecule has 0 spiro atoms. The van der Waals surface area contributed by atoms with Gasteiger partial charge in [0.05, 0.1) is 0 Å². The Morgan fingerprint density at radius 2 is 1.72 bits per heavy atom. The molecule has 1 unspecified atom stereocenters. The van der Waals surface area contributed by atoms with Gasteiger partial charge < -0.3 is 11.1 Å². The van der Waals surface area contributed by atoms with Crippen molar-refractivity contribution in [3.8, 4) is 0 Å². The maximum Gasteiger partial charge on any atom is 0.0488 e. The normalized spacial score (nSPS) is 12.2. The van der Waals surface area contributed by atoms with Crippen molar-refractivity contribution in [2.24, 2.45) is 5.73 Å². The van der Waals surface area contributed by atoms with E-state index in [0.29, 0.717) is 6.54 Å². The highest BCUT2D eigenvalue weighted by Crippen LogP contribution is 2.24. The second kappa shape index (κ2) is 5.69. The van der Waals surface area contributed by atoms with Crippen molar-refractivity contribution in [3.63, 3.8) is 0 Å². The van der Waals surface area contributed by atoms with Gasteiger partial charge in [-0.15, -0.1) is 0 Å². The first kappa shape index (κ1) is 12.7. The van der Waals surface area contributed by atoms with Crippen LogP contribution in [-0.2, 0) is 6.54 Å². The molecule has 2 heteroatoms. The molecule has 2 nitrogen and oxygen atoms in total. The van der Waals surface area contributed by atoms with Crippen LogP contribution in [0.5, 0.6) is 0 Å². The van der Waals surface area contributed by atoms with Gasteiger partial charge in [0, 0.05) is 18.3 Å². The van der Waals surface area contributed by atoms with E-state index in [1.54, 1.807) is 0 Å². The SMILES string of the molecule is Cc1ccccc1NC(C)c1ccccc1CN. The molecule has 0 aliphatic carbocycles. The Labute approximate surface area is 109 Å². The molecule has 0 radical (unpaired) electrons. The van der Waals surface area contributed by atoms with Crippen LogP contribution in [-0.4, -0.2) is 0 Å². The Hall–Kier alpha value is -1.80. The molecule has 0 amide bonds. The van der Waals surface area contributed by atoms with Crippen LogP contribution in [0.15, 0.2) is 48.5 Å². The van der Waals surface area contributed by atoms with Crippen LogP contribution in [0.3, 0.4) is 0 Å². The van der Waals surface area contributed by atoms with E-state index in [2.05, 4.69) is 61.6 Å². The van der Waals surface area contributed by atoms with E-state index in [1.165, 1.54) is 22.4 Å². The molecule has 2 aromatic rings. The van der Waals surface area contributed by atoms with Crippen LogP contribution in [0.1, 0.15) is 29.7 Å². The summed E-state index contributed by atoms with van der Waals surface area (Å²) in [5, 5.41) is 3.55. The number of benzene rings is 2. The monoisotopic (exact) mass is 240 g/mol. The number of rotatable bonds is 4. The minimum Gasteiger partial charge on any atom is -0.378 e. The van der Waals surface area contributed by atoms with E-state index in [9.17, 15) is 0 Å². The van der Waals surface area contributed by atoms with E-state index in [1.807, 2.05) is 6.07 Å². The molecule has 0 aromatic heterocycles. The molecule has 0 heterocycles. The lowest BCUT2D eigenvalue weighted by molar-refractivity contribution is 0.854. The number of hydrogen-bond acceptors (Lipinski definition) is 2. The predicted molar refractivity (Wildman–Crippen MR) is 77.6 cm³/mol. The van der Waals surface area contributed by atoms with Crippen LogP contribution in [0.2, 0.25) is 0 Å². The molecule has 18 heavy (non-hydrogen) atoms. The van der Waals surface area contributed by atoms with Crippen LogP contribution < -0.4 is 11.1 Å². The van der Waals surface area contributed by atoms with Gasteiger partial charge in [0.15, 0.2) is 0 Å². The second-order valence-corrected chi connectivity index (χ2v) is 4.58. The summed E-state index contributed by atoms with van der Waals surface area (Å²) in [4.78, 5) is 0. The van der Waals surface area contributed by atoms with E-state index in [-0.39, 0.29) is 6.04 Å². The van der Waals surface area contributed by atoms with Crippen LogP contribution >= 0.6 is 0 Å². The number of hydrogen-bond donors (Lipinski definition) is 2. The first-order chi connectivity index (χ1) is 8.72. The summed E-state index contributed by atoms with van der Waals surface area (Å²) in [5.41, 5.74) is 10.7. The van der Waals surface area contributed by atoms with E-state index in [0.717, 1.165) is 0 Å². The van der Waals surface area contributed by atoms with Crippen molar-refractivity contribution in [3.05, 3.63) is 65.2 Å². The lowest BCUT2D eigenvalue weighted by atomic mass is 10.0. The lowest BCUT2D eigenvalue weighted by Crippen LogP contribution is -2.11. The quantitative estimate of drug-likeness (QED) is 0.856. The number of aryl methyl sites for hydroxylation is 1. The first-order valence-electron chi connectivity index (χ1n) is 6.32. The van der Waals surface area contributed by atoms with Gasteiger partial charge in [-0.2, -0.15) is 0 Å². The molecule has 0 saturated carbocycles. The zero-order chi connectivity index (χ0) is 13.0. The van der Waals surface area contributed by atoms with Crippen LogP contribution in [0, 0.1) is 6.92 Å². The molecule has 94 valence electrons. The van der Waals surface area contributed by atoms with Crippen molar-refractivity contribution in [2.75, 3.05) is 5.32 Å². The summed E-state index contributed by atoms with van der Waals surface area (Å²) in [6, 6.07) is 16.9. The summed E-state index contributed by atoms with van der Waals surface area (Å²) >= 11 is 0. The fourth-order valence-electron chi connectivity index (χ4n) is 2.19. The maximum atomic E-state index is 5.78. The molecule has 0 aliphatic heterocycles. The third kappa shape index (κ3) is 2.71. The minimum absolute atomic E-state index is 0.255. The molecular weight excluding hydrogens is 220 g/mol. The van der Waals surface area contributed by atoms with Gasteiger partial charge in [-0.05, 0) is 36.6 Å². The van der Waals surface area contributed by atoms with E-state index in [4.69, 9.17) is 5.73 Å². The Morgan fingerprint density at radius 3 is 2.44 bits per heavy atom. The summed E-state index contributed by atoms with van der Waals surface area (Å²) in [5.74, 6) is 0. The van der Waals surface area contributed by atoms with Gasteiger partial charge in [0.1, 0.15) is 0 Å². The number of nitrogens with one attached hydrogen (secondary N) is 1. The van der Waals surface area contributed by atoms with Gasteiger partial charge in [-0.25, -0.2) is 0 Å². The molecule has 2 aromatic carbocycles. The van der Waals surface area contributed by atoms with Gasteiger partial charge in [-0.1, -0.05) is 42.5 Å². The first-order valence-corrected chi connectivity index (χ1v) is 6.32. The van der Waals surface area contributed by atoms with Crippen molar-refractivity contribution in [1.29, 1.82) is 0 Å². The molecule has 2 rings (SSSR count). The topological polar surface area (TPSA) is 38.0 Å². The standard InChI is InChI=1S/C16H20N2/c1-12-7-3-6-10-16(12)18-13(2)15-9-5-4-8-14(15)11-17/h3-10,13,18H,11,17H2,1-2H3. The number of nitrogens with two attached hydrogens (primary N) is 1. The Kier molecular flexibility index (Phi) is 4.00. The average Bonchev–Trinajstić information content (AvgIpc) is 2.41. The molecule has 1 atom stereocenters. The molecule has 0 fully saturated rings. The zero-order valence-electron chi connectivity index (χ0n) is 11.0. The third-order valence-corrected chi connectivity index (χ3v) is 3.26. The van der Waals surface area contributed by atoms with Crippen molar-refractivity contribution >= 4 is 5.69 Å². The summed E-state index contributed by atoms with van der Waals surface area (Å²) < 4.78 is 0. The molecular formula is C16H20N2. The van der Waals surface area contributed by atoms with Gasteiger partial charge >= 0.3 is 0 Å². The van der Waals surface area contributed by atoms with Crippen molar-refractivity contribution in [1.82, 2.24) is 0 Å². The third-order valence-electron chi connectivity index (χ3n) is 3.26. The fourth-order valence-corrected chi connectivity index (χ4v) is 2.19. The zero-order valence-corrected chi connectivity index (χ0v) is 11.0. The average molecular weight is 240 g/mol. The van der Waals surface area contributed by atoms with Crippen molar-refractivity contribution in [2.45, 2.75) is 26.4 Å². The summed E-state index contributed by atoms with van der Waals surface area (Å²) in [6.07, 6.45) is 0. The predicted octanol–water partition coefficient (Wildman–Crippen LogP) is 3.63. The maximum absolute atomic E-state index is 5.78. The van der Waals surface area contributed by atoms with E-state index >= 15 is 0 Å². The summed E-state index contributed by atoms with van der Waals surface area (Å²) in [7, 11) is 0. The Balaban J connectivity index is 2.22. The largest absolute Gasteiger partial charge is 0.378 e. The molecule has 0 aliphatic rings. The second-order valence-electron chi connectivity index (χ2n) is 4.58. The molecule has 0 bridgehead atoms. The Morgan fingerprint density at radius 1 is 1.06 bits per heavy atom. The highest BCUT2D eigenvalue weighted by molar-refractivity contribution is 5.52. The van der Waals surface area contributed by atoms with Crippen LogP contribution in [0.4, 0.5) is 5.69 Å². The van der Waals surface area contributed by atoms with E-state index < -0.39 is 0 Å². The smallest absolute Gasteiger partial charge is 0.0488 e. The molecule has 0 saturated heterocycles. The highest BCUT2D eigenvalue weighted by Gasteiger charge is 2.09. The van der Waals surface area contributed by atoms with Gasteiger partial charge in [0.25, 0.3) is 0 Å². The highest BCUT2D eigenvalue weighted by atomic mass is 14.9. The lowest BCUT2D eigenvalue weighted by Gasteiger charge is -2.19. The van der Waals surface area contributed by atoms with Crippen LogP contribution in [0.25, 0.3) is 0 Å². The minimum atomic E-state index is 0.255. The Bertz CT molecular complexity index is 520. The number of para-hydroxylation sites is 1. The fraction of sp³-hybridized carbons (Fsp3) is 0.250. The van der Waals surface area contributed by atoms with Crippen molar-refractivity contribution < 1.29 is 0 Å². The molecule has 3 N–H and O–H groups in total. The van der Waals surface area contributed by atoms with Gasteiger partial charge in [-0.3, -0.25) is 0 Å². The number of anilines is 1.